The van der Waals surface area contributed by atoms with Crippen LogP contribution in [0.1, 0.15) is 0 Å². The van der Waals surface area contributed by atoms with Crippen molar-refractivity contribution in [1.29, 1.82) is 0 Å². The van der Waals surface area contributed by atoms with E-state index in [-0.39, 0.29) is 39.6 Å². The molecule has 10 heteroatoms. The molecule has 0 aliphatic carbocycles. The third-order valence-corrected chi connectivity index (χ3v) is 0.300. The molecule has 0 atom stereocenters. The zero-order valence-electron chi connectivity index (χ0n) is 8.64. The molecule has 0 radical (unpaired) electrons. The van der Waals surface area contributed by atoms with E-state index in [2.05, 4.69) is 0 Å². The van der Waals surface area contributed by atoms with Crippen molar-refractivity contribution in [2.75, 3.05) is 39.6 Å². The molecule has 0 rings (SSSR count). The number of hydrogen-bond donors (Lipinski definition) is 6. The van der Waals surface area contributed by atoms with Crippen molar-refractivity contribution in [1.82, 2.24) is 0 Å². The van der Waals surface area contributed by atoms with E-state index in [1.165, 1.54) is 0 Å². The minimum absolute atomic E-state index is 0.125. The molecule has 0 aliphatic heterocycles. The molecule has 0 heterocycles. The van der Waals surface area contributed by atoms with Crippen LogP contribution in [0.5, 0.6) is 0 Å². The van der Waals surface area contributed by atoms with Crippen molar-refractivity contribution in [2.45, 2.75) is 0 Å². The maximum atomic E-state index is 8.19. The van der Waals surface area contributed by atoms with Gasteiger partial charge in [0, 0.05) is 0 Å². The molecule has 0 aromatic carbocycles. The second-order valence-electron chi connectivity index (χ2n) is 1.34. The Morgan fingerprint density at radius 1 is 0.438 bits per heavy atom. The topological polar surface area (TPSA) is 156 Å². The summed E-state index contributed by atoms with van der Waals surface area (Å²) in [7, 11) is 0. The van der Waals surface area contributed by atoms with Gasteiger partial charge in [-0.3, -0.25) is 0 Å². The van der Waals surface area contributed by atoms with Crippen LogP contribution in [0.2, 0.25) is 0 Å². The van der Waals surface area contributed by atoms with Crippen LogP contribution < -0.4 is 0 Å². The number of aliphatic hydroxyl groups excluding tert-OH is 6. The molecule has 8 nitrogen and oxygen atoms in total. The summed E-state index contributed by atoms with van der Waals surface area (Å²) in [5.74, 6) is 0. The Balaban J connectivity index is -0.0000000327. The normalized spacial score (nSPS) is 6.00. The van der Waals surface area contributed by atoms with Gasteiger partial charge in [-0.2, -0.15) is 0 Å². The molecule has 0 aromatic heterocycles. The summed E-state index contributed by atoms with van der Waals surface area (Å²) in [6.07, 6.45) is 0. The number of hydrogen-bond acceptors (Lipinski definition) is 8. The summed E-state index contributed by atoms with van der Waals surface area (Å²) in [6, 6.07) is 0. The molecule has 0 fully saturated rings. The standard InChI is InChI=1S/3C2H6O2.2O.2V/c3*3-1-2-4;;;;/h3*3-4H,1-2H2;;;;. The summed E-state index contributed by atoms with van der Waals surface area (Å²) in [6.45, 7) is -0.750. The monoisotopic (exact) mass is 320 g/mol. The molecule has 0 saturated carbocycles. The Morgan fingerprint density at radius 3 is 0.500 bits per heavy atom. The average molecular weight is 320 g/mol. The van der Waals surface area contributed by atoms with Crippen molar-refractivity contribution in [3.05, 3.63) is 0 Å². The first-order valence-electron chi connectivity index (χ1n) is 3.76. The summed E-state index contributed by atoms with van der Waals surface area (Å²) in [5, 5.41) is 45.8. The second kappa shape index (κ2) is 76.9. The Hall–Kier alpha value is 0.529. The van der Waals surface area contributed by atoms with Gasteiger partial charge in [-0.1, -0.05) is 0 Å². The number of rotatable bonds is 3. The SMILES string of the molecule is OCCO.OCCO.OCCO.[O]=[V].[O]=[V]. The van der Waals surface area contributed by atoms with Crippen LogP contribution in [0.3, 0.4) is 0 Å². The minimum atomic E-state index is -0.125. The van der Waals surface area contributed by atoms with Crippen molar-refractivity contribution < 1.29 is 72.7 Å². The summed E-state index contributed by atoms with van der Waals surface area (Å²) >= 11 is 2.12. The zero-order chi connectivity index (χ0) is 14.2. The van der Waals surface area contributed by atoms with E-state index in [1.54, 1.807) is 0 Å². The summed E-state index contributed by atoms with van der Waals surface area (Å²) in [4.78, 5) is 0. The molecule has 0 amide bonds. The van der Waals surface area contributed by atoms with E-state index in [0.717, 1.165) is 34.7 Å². The predicted molar refractivity (Wildman–Crippen MR) is 43.9 cm³/mol. The first kappa shape index (κ1) is 30.0. The molecule has 0 saturated heterocycles. The van der Waals surface area contributed by atoms with E-state index in [4.69, 9.17) is 38.0 Å². The predicted octanol–water partition coefficient (Wildman–Crippen LogP) is -3.33. The first-order valence-corrected chi connectivity index (χ1v) is 4.90. The van der Waals surface area contributed by atoms with Crippen LogP contribution in [-0.2, 0) is 42.1 Å². The third-order valence-electron chi connectivity index (χ3n) is 0.300. The van der Waals surface area contributed by atoms with Gasteiger partial charge in [0.05, 0.1) is 39.6 Å². The van der Waals surface area contributed by atoms with E-state index in [1.807, 2.05) is 0 Å². The van der Waals surface area contributed by atoms with Crippen molar-refractivity contribution in [2.24, 2.45) is 0 Å². The fourth-order valence-electron chi connectivity index (χ4n) is 0. The quantitative estimate of drug-likeness (QED) is 0.315. The molecular weight excluding hydrogens is 302 g/mol. The van der Waals surface area contributed by atoms with E-state index in [0.29, 0.717) is 0 Å². The van der Waals surface area contributed by atoms with E-state index >= 15 is 0 Å². The molecule has 16 heavy (non-hydrogen) atoms. The number of aliphatic hydroxyl groups is 6. The van der Waals surface area contributed by atoms with E-state index < -0.39 is 0 Å². The fourth-order valence-corrected chi connectivity index (χ4v) is 0. The zero-order valence-corrected chi connectivity index (χ0v) is 11.4. The molecular formula is C6H18O8V2. The van der Waals surface area contributed by atoms with Crippen LogP contribution in [0.4, 0.5) is 0 Å². The van der Waals surface area contributed by atoms with Gasteiger partial charge in [0.15, 0.2) is 0 Å². The van der Waals surface area contributed by atoms with Gasteiger partial charge in [0.25, 0.3) is 0 Å². The maximum absolute atomic E-state index is 8.19. The van der Waals surface area contributed by atoms with Crippen molar-refractivity contribution in [3.63, 3.8) is 0 Å². The summed E-state index contributed by atoms with van der Waals surface area (Å²) < 4.78 is 16.4. The van der Waals surface area contributed by atoms with Crippen LogP contribution in [0.25, 0.3) is 0 Å². The molecule has 0 spiro atoms. The Labute approximate surface area is 112 Å². The first-order chi connectivity index (χ1) is 7.74. The van der Waals surface area contributed by atoms with Gasteiger partial charge >= 0.3 is 42.1 Å². The van der Waals surface area contributed by atoms with Crippen LogP contribution in [-0.4, -0.2) is 70.3 Å². The Kier molecular flexibility index (Phi) is 144. The molecule has 0 bridgehead atoms. The van der Waals surface area contributed by atoms with Crippen LogP contribution >= 0.6 is 0 Å². The van der Waals surface area contributed by atoms with Crippen molar-refractivity contribution >= 4 is 0 Å². The molecule has 0 aliphatic rings. The molecule has 0 aromatic rings. The van der Waals surface area contributed by atoms with Crippen LogP contribution in [0, 0.1) is 0 Å². The fraction of sp³-hybridized carbons (Fsp3) is 1.00. The van der Waals surface area contributed by atoms with Crippen molar-refractivity contribution in [3.8, 4) is 0 Å². The van der Waals surface area contributed by atoms with Gasteiger partial charge < -0.3 is 30.6 Å². The van der Waals surface area contributed by atoms with Gasteiger partial charge in [0.1, 0.15) is 0 Å². The molecule has 0 unspecified atom stereocenters. The second-order valence-corrected chi connectivity index (χ2v) is 1.34. The third kappa shape index (κ3) is 214. The molecule has 100 valence electrons. The van der Waals surface area contributed by atoms with Gasteiger partial charge in [0.2, 0.25) is 0 Å². The van der Waals surface area contributed by atoms with Gasteiger partial charge in [-0.25, -0.2) is 0 Å². The van der Waals surface area contributed by atoms with Gasteiger partial charge in [-0.05, 0) is 0 Å². The Bertz CT molecular complexity index is 53.0. The average Bonchev–Trinajstić information content (AvgIpc) is 2.43. The molecule has 6 N–H and O–H groups in total. The van der Waals surface area contributed by atoms with Gasteiger partial charge in [-0.15, -0.1) is 0 Å². The van der Waals surface area contributed by atoms with E-state index in [9.17, 15) is 0 Å². The Morgan fingerprint density at radius 2 is 0.500 bits per heavy atom. The van der Waals surface area contributed by atoms with Crippen LogP contribution in [0.15, 0.2) is 0 Å². The summed E-state index contributed by atoms with van der Waals surface area (Å²) in [5.41, 5.74) is 0.